The van der Waals surface area contributed by atoms with Gasteiger partial charge in [0, 0.05) is 36.9 Å². The highest BCUT2D eigenvalue weighted by Gasteiger charge is 2.24. The van der Waals surface area contributed by atoms with Crippen molar-refractivity contribution in [2.75, 3.05) is 23.9 Å². The van der Waals surface area contributed by atoms with E-state index < -0.39 is 0 Å². The molecule has 1 N–H and O–H groups in total. The van der Waals surface area contributed by atoms with Gasteiger partial charge in [-0.2, -0.15) is 4.73 Å². The van der Waals surface area contributed by atoms with Crippen molar-refractivity contribution < 1.29 is 19.1 Å². The van der Waals surface area contributed by atoms with E-state index in [0.29, 0.717) is 40.4 Å². The van der Waals surface area contributed by atoms with Gasteiger partial charge in [-0.15, -0.1) is 0 Å². The SMILES string of the molecule is COc1cc(NC(=O)c2cc[n+]([O-])cc2)ccc1N1CCCC1=O. The molecule has 0 saturated carbocycles. The van der Waals surface area contributed by atoms with Crippen molar-refractivity contribution in [2.24, 2.45) is 0 Å². The number of ether oxygens (including phenoxy) is 1. The zero-order chi connectivity index (χ0) is 17.1. The van der Waals surface area contributed by atoms with Crippen LogP contribution in [-0.2, 0) is 4.79 Å². The van der Waals surface area contributed by atoms with Crippen LogP contribution in [0, 0.1) is 5.21 Å². The molecule has 1 aromatic carbocycles. The van der Waals surface area contributed by atoms with E-state index in [4.69, 9.17) is 4.74 Å². The first-order valence-corrected chi connectivity index (χ1v) is 7.57. The molecule has 0 unspecified atom stereocenters. The summed E-state index contributed by atoms with van der Waals surface area (Å²) >= 11 is 0. The fraction of sp³-hybridized carbons (Fsp3) is 0.235. The summed E-state index contributed by atoms with van der Waals surface area (Å²) in [5.41, 5.74) is 1.62. The number of amides is 2. The van der Waals surface area contributed by atoms with Crippen molar-refractivity contribution in [3.8, 4) is 5.75 Å². The molecule has 0 spiro atoms. The fourth-order valence-corrected chi connectivity index (χ4v) is 2.65. The molecule has 1 fully saturated rings. The minimum atomic E-state index is -0.331. The van der Waals surface area contributed by atoms with Crippen molar-refractivity contribution >= 4 is 23.2 Å². The number of nitrogens with one attached hydrogen (secondary N) is 1. The minimum absolute atomic E-state index is 0.0697. The number of benzene rings is 1. The largest absolute Gasteiger partial charge is 0.619 e. The fourth-order valence-electron chi connectivity index (χ4n) is 2.65. The van der Waals surface area contributed by atoms with Crippen LogP contribution in [0.1, 0.15) is 23.2 Å². The molecule has 2 amide bonds. The Labute approximate surface area is 139 Å². The van der Waals surface area contributed by atoms with E-state index in [1.807, 2.05) is 0 Å². The maximum atomic E-state index is 12.2. The van der Waals surface area contributed by atoms with Gasteiger partial charge in [0.05, 0.1) is 18.4 Å². The average Bonchev–Trinajstić information content (AvgIpc) is 3.01. The van der Waals surface area contributed by atoms with Gasteiger partial charge in [-0.1, -0.05) is 0 Å². The van der Waals surface area contributed by atoms with Crippen LogP contribution >= 0.6 is 0 Å². The molecule has 0 bridgehead atoms. The summed E-state index contributed by atoms with van der Waals surface area (Å²) in [5, 5.41) is 13.8. The first-order valence-electron chi connectivity index (χ1n) is 7.57. The summed E-state index contributed by atoms with van der Waals surface area (Å²) < 4.78 is 5.97. The minimum Gasteiger partial charge on any atom is -0.619 e. The molecule has 0 aliphatic carbocycles. The molecule has 0 radical (unpaired) electrons. The molecule has 1 aliphatic rings. The van der Waals surface area contributed by atoms with Gasteiger partial charge in [0.25, 0.3) is 5.91 Å². The van der Waals surface area contributed by atoms with Crippen molar-refractivity contribution in [1.29, 1.82) is 0 Å². The predicted molar refractivity (Wildman–Crippen MR) is 87.9 cm³/mol. The summed E-state index contributed by atoms with van der Waals surface area (Å²) in [6.45, 7) is 0.667. The molecule has 1 saturated heterocycles. The van der Waals surface area contributed by atoms with Crippen molar-refractivity contribution in [3.63, 3.8) is 0 Å². The maximum Gasteiger partial charge on any atom is 0.256 e. The number of hydrogen-bond donors (Lipinski definition) is 1. The van der Waals surface area contributed by atoms with Gasteiger partial charge in [-0.3, -0.25) is 9.59 Å². The topological polar surface area (TPSA) is 85.6 Å². The first kappa shape index (κ1) is 15.8. The van der Waals surface area contributed by atoms with Crippen LogP contribution in [-0.4, -0.2) is 25.5 Å². The lowest BCUT2D eigenvalue weighted by Gasteiger charge is -2.19. The van der Waals surface area contributed by atoms with Gasteiger partial charge in [0.2, 0.25) is 5.91 Å². The smallest absolute Gasteiger partial charge is 0.256 e. The molecule has 7 heteroatoms. The monoisotopic (exact) mass is 327 g/mol. The zero-order valence-corrected chi connectivity index (χ0v) is 13.2. The predicted octanol–water partition coefficient (Wildman–Crippen LogP) is 1.71. The number of anilines is 2. The Hall–Kier alpha value is -3.09. The second-order valence-electron chi connectivity index (χ2n) is 5.44. The number of pyridine rings is 1. The lowest BCUT2D eigenvalue weighted by Crippen LogP contribution is -2.25. The van der Waals surface area contributed by atoms with E-state index in [0.717, 1.165) is 6.42 Å². The number of nitrogens with zero attached hydrogens (tertiary/aromatic N) is 2. The van der Waals surface area contributed by atoms with E-state index in [2.05, 4.69) is 5.32 Å². The summed E-state index contributed by atoms with van der Waals surface area (Å²) in [4.78, 5) is 25.8. The lowest BCUT2D eigenvalue weighted by atomic mass is 10.2. The van der Waals surface area contributed by atoms with E-state index >= 15 is 0 Å². The number of carbonyl (C=O) groups is 2. The van der Waals surface area contributed by atoms with Crippen LogP contribution in [0.5, 0.6) is 5.75 Å². The van der Waals surface area contributed by atoms with Crippen LogP contribution < -0.4 is 19.7 Å². The highest BCUT2D eigenvalue weighted by molar-refractivity contribution is 6.04. The number of aromatic nitrogens is 1. The van der Waals surface area contributed by atoms with Crippen molar-refractivity contribution in [2.45, 2.75) is 12.8 Å². The molecule has 24 heavy (non-hydrogen) atoms. The zero-order valence-electron chi connectivity index (χ0n) is 13.2. The Morgan fingerprint density at radius 1 is 1.29 bits per heavy atom. The number of carbonyl (C=O) groups excluding carboxylic acids is 2. The number of rotatable bonds is 4. The van der Waals surface area contributed by atoms with Gasteiger partial charge in [0.1, 0.15) is 5.75 Å². The van der Waals surface area contributed by atoms with Crippen LogP contribution in [0.2, 0.25) is 0 Å². The average molecular weight is 327 g/mol. The molecular weight excluding hydrogens is 310 g/mol. The first-order chi connectivity index (χ1) is 11.6. The third-order valence-electron chi connectivity index (χ3n) is 3.87. The normalized spacial score (nSPS) is 13.9. The molecule has 0 atom stereocenters. The second-order valence-corrected chi connectivity index (χ2v) is 5.44. The third-order valence-corrected chi connectivity index (χ3v) is 3.87. The second kappa shape index (κ2) is 6.57. The summed E-state index contributed by atoms with van der Waals surface area (Å²) in [5.74, 6) is 0.261. The van der Waals surface area contributed by atoms with E-state index in [1.165, 1.54) is 31.6 Å². The van der Waals surface area contributed by atoms with Crippen LogP contribution in [0.15, 0.2) is 42.7 Å². The number of methoxy groups -OCH3 is 1. The summed E-state index contributed by atoms with van der Waals surface area (Å²) in [7, 11) is 1.52. The van der Waals surface area contributed by atoms with E-state index in [1.54, 1.807) is 23.1 Å². The Bertz CT molecular complexity index is 774. The Morgan fingerprint density at radius 3 is 2.67 bits per heavy atom. The highest BCUT2D eigenvalue weighted by Crippen LogP contribution is 2.33. The highest BCUT2D eigenvalue weighted by atomic mass is 16.5. The molecule has 2 aromatic rings. The third kappa shape index (κ3) is 3.15. The molecule has 2 heterocycles. The van der Waals surface area contributed by atoms with Crippen molar-refractivity contribution in [3.05, 3.63) is 53.5 Å². The van der Waals surface area contributed by atoms with Gasteiger partial charge in [-0.05, 0) is 18.6 Å². The lowest BCUT2D eigenvalue weighted by molar-refractivity contribution is -0.605. The van der Waals surface area contributed by atoms with Crippen LogP contribution in [0.4, 0.5) is 11.4 Å². The summed E-state index contributed by atoms with van der Waals surface area (Å²) in [6.07, 6.45) is 3.89. The summed E-state index contributed by atoms with van der Waals surface area (Å²) in [6, 6.07) is 8.04. The molecule has 124 valence electrons. The molecule has 1 aromatic heterocycles. The Kier molecular flexibility index (Phi) is 4.33. The number of hydrogen-bond acceptors (Lipinski definition) is 4. The maximum absolute atomic E-state index is 12.2. The molecule has 7 nitrogen and oxygen atoms in total. The Morgan fingerprint density at radius 2 is 2.04 bits per heavy atom. The van der Waals surface area contributed by atoms with Crippen LogP contribution in [0.3, 0.4) is 0 Å². The van der Waals surface area contributed by atoms with E-state index in [-0.39, 0.29) is 11.8 Å². The van der Waals surface area contributed by atoms with Gasteiger partial charge in [-0.25, -0.2) is 0 Å². The van der Waals surface area contributed by atoms with E-state index in [9.17, 15) is 14.8 Å². The molecular formula is C17H17N3O4. The van der Waals surface area contributed by atoms with Gasteiger partial charge < -0.3 is 20.2 Å². The quantitative estimate of drug-likeness (QED) is 0.684. The standard InChI is InChI=1S/C17H17N3O4/c1-24-15-11-13(4-5-14(15)20-8-2-3-16(20)21)18-17(22)12-6-9-19(23)10-7-12/h4-7,9-11H,2-3,8H2,1H3,(H,18,22). The Balaban J connectivity index is 1.80. The van der Waals surface area contributed by atoms with Gasteiger partial charge in [0.15, 0.2) is 12.4 Å². The van der Waals surface area contributed by atoms with Crippen LogP contribution in [0.25, 0.3) is 0 Å². The van der Waals surface area contributed by atoms with Gasteiger partial charge >= 0.3 is 0 Å². The molecule has 3 rings (SSSR count). The molecule has 1 aliphatic heterocycles. The van der Waals surface area contributed by atoms with Crippen molar-refractivity contribution in [1.82, 2.24) is 0 Å².